The predicted molar refractivity (Wildman–Crippen MR) is 79.5 cm³/mol. The molecule has 0 radical (unpaired) electrons. The number of aromatic amines is 1. The van der Waals surface area contributed by atoms with Gasteiger partial charge in [0.15, 0.2) is 0 Å². The lowest BCUT2D eigenvalue weighted by Gasteiger charge is -2.08. The maximum atomic E-state index is 12.1. The number of aryl methyl sites for hydroxylation is 1. The first-order chi connectivity index (χ1) is 10.0. The van der Waals surface area contributed by atoms with Crippen molar-refractivity contribution in [1.29, 1.82) is 0 Å². The Bertz CT molecular complexity index is 687. The lowest BCUT2D eigenvalue weighted by atomic mass is 10.2. The van der Waals surface area contributed by atoms with Gasteiger partial charge < -0.3 is 10.1 Å². The molecule has 0 saturated heterocycles. The Morgan fingerprint density at radius 3 is 2.81 bits per heavy atom. The van der Waals surface area contributed by atoms with E-state index >= 15 is 0 Å². The van der Waals surface area contributed by atoms with E-state index in [1.807, 2.05) is 0 Å². The average molecular weight is 330 g/mol. The van der Waals surface area contributed by atoms with Gasteiger partial charge in [-0.3, -0.25) is 0 Å². The fraction of sp³-hybridized carbons (Fsp3) is 0.308. The van der Waals surface area contributed by atoms with Gasteiger partial charge in [-0.2, -0.15) is 0 Å². The molecule has 1 heterocycles. The SMILES string of the molecule is O=S(=O)(NCCCc1ncc[nH]1)c1ccc(CO)c(Cl)c1. The third kappa shape index (κ3) is 4.28. The number of aromatic nitrogens is 2. The molecule has 2 rings (SSSR count). The number of rotatable bonds is 7. The molecular formula is C13H16ClN3O3S. The predicted octanol–water partition coefficient (Wildman–Crippen LogP) is 1.47. The molecule has 0 aliphatic carbocycles. The van der Waals surface area contributed by atoms with Crippen LogP contribution in [0.1, 0.15) is 17.8 Å². The average Bonchev–Trinajstić information content (AvgIpc) is 2.97. The van der Waals surface area contributed by atoms with E-state index < -0.39 is 10.0 Å². The zero-order valence-electron chi connectivity index (χ0n) is 11.2. The van der Waals surface area contributed by atoms with Crippen LogP contribution in [0.25, 0.3) is 0 Å². The first-order valence-electron chi connectivity index (χ1n) is 6.40. The van der Waals surface area contributed by atoms with Crippen molar-refractivity contribution >= 4 is 21.6 Å². The van der Waals surface area contributed by atoms with Crippen LogP contribution < -0.4 is 4.72 Å². The summed E-state index contributed by atoms with van der Waals surface area (Å²) in [5.41, 5.74) is 0.494. The fourth-order valence-corrected chi connectivity index (χ4v) is 3.21. The van der Waals surface area contributed by atoms with E-state index in [1.165, 1.54) is 18.2 Å². The number of nitrogens with zero attached hydrogens (tertiary/aromatic N) is 1. The molecule has 0 fully saturated rings. The van der Waals surface area contributed by atoms with Crippen molar-refractivity contribution in [3.63, 3.8) is 0 Å². The van der Waals surface area contributed by atoms with Gasteiger partial charge in [0.05, 0.1) is 11.5 Å². The van der Waals surface area contributed by atoms with Crippen LogP contribution >= 0.6 is 11.6 Å². The number of sulfonamides is 1. The normalized spacial score (nSPS) is 11.7. The third-order valence-electron chi connectivity index (χ3n) is 2.94. The summed E-state index contributed by atoms with van der Waals surface area (Å²) >= 11 is 5.90. The summed E-state index contributed by atoms with van der Waals surface area (Å²) in [6.45, 7) is 0.0815. The number of imidazole rings is 1. The number of nitrogens with one attached hydrogen (secondary N) is 2. The number of hydrogen-bond donors (Lipinski definition) is 3. The van der Waals surface area contributed by atoms with Crippen molar-refractivity contribution < 1.29 is 13.5 Å². The minimum atomic E-state index is -3.60. The van der Waals surface area contributed by atoms with E-state index in [9.17, 15) is 8.42 Å². The van der Waals surface area contributed by atoms with Crippen LogP contribution in [0.4, 0.5) is 0 Å². The van der Waals surface area contributed by atoms with Crippen LogP contribution in [0.5, 0.6) is 0 Å². The maximum absolute atomic E-state index is 12.1. The van der Waals surface area contributed by atoms with Crippen molar-refractivity contribution in [3.05, 3.63) is 47.0 Å². The quantitative estimate of drug-likeness (QED) is 0.670. The second kappa shape index (κ2) is 7.04. The second-order valence-electron chi connectivity index (χ2n) is 4.45. The molecule has 3 N–H and O–H groups in total. The van der Waals surface area contributed by atoms with Gasteiger partial charge in [0.2, 0.25) is 10.0 Å². The highest BCUT2D eigenvalue weighted by atomic mass is 35.5. The minimum absolute atomic E-state index is 0.0858. The lowest BCUT2D eigenvalue weighted by Crippen LogP contribution is -2.25. The molecule has 0 saturated carbocycles. The molecule has 1 aromatic heterocycles. The van der Waals surface area contributed by atoms with E-state index in [2.05, 4.69) is 14.7 Å². The summed E-state index contributed by atoms with van der Waals surface area (Å²) in [6.07, 6.45) is 4.68. The van der Waals surface area contributed by atoms with E-state index in [4.69, 9.17) is 16.7 Å². The standard InChI is InChI=1S/C13H16ClN3O3S/c14-12-8-11(4-3-10(12)9-18)21(19,20)17-5-1-2-13-15-6-7-16-13/h3-4,6-8,17-18H,1-2,5,9H2,(H,15,16). The molecule has 0 bridgehead atoms. The van der Waals surface area contributed by atoms with Gasteiger partial charge in [0, 0.05) is 30.4 Å². The molecule has 2 aromatic rings. The summed E-state index contributed by atoms with van der Waals surface area (Å²) in [7, 11) is -3.60. The summed E-state index contributed by atoms with van der Waals surface area (Å²) < 4.78 is 26.7. The number of benzene rings is 1. The van der Waals surface area contributed by atoms with Gasteiger partial charge in [-0.1, -0.05) is 17.7 Å². The second-order valence-corrected chi connectivity index (χ2v) is 6.62. The summed E-state index contributed by atoms with van der Waals surface area (Å²) in [5, 5.41) is 9.25. The number of hydrogen-bond acceptors (Lipinski definition) is 4. The van der Waals surface area contributed by atoms with Crippen molar-refractivity contribution in [3.8, 4) is 0 Å². The van der Waals surface area contributed by atoms with Gasteiger partial charge in [-0.05, 0) is 24.1 Å². The van der Waals surface area contributed by atoms with Gasteiger partial charge in [0.25, 0.3) is 0 Å². The molecule has 114 valence electrons. The van der Waals surface area contributed by atoms with Crippen LogP contribution in [0, 0.1) is 0 Å². The van der Waals surface area contributed by atoms with Crippen molar-refractivity contribution in [2.24, 2.45) is 0 Å². The van der Waals surface area contributed by atoms with E-state index in [1.54, 1.807) is 12.4 Å². The molecule has 1 aromatic carbocycles. The van der Waals surface area contributed by atoms with Gasteiger partial charge in [0.1, 0.15) is 5.82 Å². The van der Waals surface area contributed by atoms with E-state index in [-0.39, 0.29) is 16.5 Å². The highest BCUT2D eigenvalue weighted by Crippen LogP contribution is 2.20. The zero-order valence-corrected chi connectivity index (χ0v) is 12.8. The van der Waals surface area contributed by atoms with Crippen LogP contribution in [0.3, 0.4) is 0 Å². The van der Waals surface area contributed by atoms with E-state index in [0.29, 0.717) is 24.9 Å². The molecule has 8 heteroatoms. The summed E-state index contributed by atoms with van der Waals surface area (Å²) in [5.74, 6) is 0.824. The van der Waals surface area contributed by atoms with Gasteiger partial charge >= 0.3 is 0 Å². The first kappa shape index (κ1) is 16.0. The molecule has 0 amide bonds. The van der Waals surface area contributed by atoms with Gasteiger partial charge in [-0.15, -0.1) is 0 Å². The number of halogens is 1. The smallest absolute Gasteiger partial charge is 0.240 e. The highest BCUT2D eigenvalue weighted by Gasteiger charge is 2.15. The Kier molecular flexibility index (Phi) is 5.35. The van der Waals surface area contributed by atoms with Crippen molar-refractivity contribution in [2.45, 2.75) is 24.3 Å². The lowest BCUT2D eigenvalue weighted by molar-refractivity contribution is 0.282. The molecule has 0 spiro atoms. The van der Waals surface area contributed by atoms with Crippen molar-refractivity contribution in [2.75, 3.05) is 6.54 Å². The molecule has 6 nitrogen and oxygen atoms in total. The maximum Gasteiger partial charge on any atom is 0.240 e. The molecular weight excluding hydrogens is 314 g/mol. The Balaban J connectivity index is 1.93. The van der Waals surface area contributed by atoms with Crippen LogP contribution in [0.2, 0.25) is 5.02 Å². The number of aliphatic hydroxyl groups is 1. The third-order valence-corrected chi connectivity index (χ3v) is 4.75. The Morgan fingerprint density at radius 1 is 1.38 bits per heavy atom. The summed E-state index contributed by atoms with van der Waals surface area (Å²) in [4.78, 5) is 7.11. The molecule has 0 atom stereocenters. The fourth-order valence-electron chi connectivity index (χ4n) is 1.80. The summed E-state index contributed by atoms with van der Waals surface area (Å²) in [6, 6.07) is 4.26. The van der Waals surface area contributed by atoms with Crippen LogP contribution in [0.15, 0.2) is 35.5 Å². The molecule has 0 unspecified atom stereocenters. The van der Waals surface area contributed by atoms with Crippen molar-refractivity contribution in [1.82, 2.24) is 14.7 Å². The number of H-pyrrole nitrogens is 1. The number of aliphatic hydroxyl groups excluding tert-OH is 1. The Hall–Kier alpha value is -1.41. The highest BCUT2D eigenvalue weighted by molar-refractivity contribution is 7.89. The Morgan fingerprint density at radius 2 is 2.19 bits per heavy atom. The van der Waals surface area contributed by atoms with E-state index in [0.717, 1.165) is 5.82 Å². The van der Waals surface area contributed by atoms with Crippen LogP contribution in [-0.2, 0) is 23.1 Å². The van der Waals surface area contributed by atoms with Crippen LogP contribution in [-0.4, -0.2) is 30.0 Å². The molecule has 0 aliphatic rings. The molecule has 0 aliphatic heterocycles. The topological polar surface area (TPSA) is 95.1 Å². The molecule has 21 heavy (non-hydrogen) atoms. The zero-order chi connectivity index (χ0) is 15.3. The monoisotopic (exact) mass is 329 g/mol. The Labute approximate surface area is 128 Å². The van der Waals surface area contributed by atoms with Gasteiger partial charge in [-0.25, -0.2) is 18.1 Å². The minimum Gasteiger partial charge on any atom is -0.392 e. The first-order valence-corrected chi connectivity index (χ1v) is 8.26. The largest absolute Gasteiger partial charge is 0.392 e.